The van der Waals surface area contributed by atoms with E-state index in [1.54, 1.807) is 18.2 Å². The maximum absolute atomic E-state index is 13.6. The first-order valence-corrected chi connectivity index (χ1v) is 18.3. The van der Waals surface area contributed by atoms with Crippen LogP contribution in [0.1, 0.15) is 58.9 Å². The lowest BCUT2D eigenvalue weighted by Crippen LogP contribution is -2.54. The van der Waals surface area contributed by atoms with Gasteiger partial charge in [0, 0.05) is 42.1 Å². The SMILES string of the molecule is Nc1ncnc2c1c(-c1ccc(Oc3ccccc3)cc1)nn2C1CCCN(C(=O)CCSc2cccc3c2C(=O)N(C2CCC(=O)NC2=O)C3=O)C1. The van der Waals surface area contributed by atoms with Crippen molar-refractivity contribution >= 4 is 58.1 Å². The normalized spacial score (nSPS) is 18.7. The first-order valence-electron chi connectivity index (χ1n) is 17.3. The largest absolute Gasteiger partial charge is 0.457 e. The van der Waals surface area contributed by atoms with Crippen molar-refractivity contribution in [3.63, 3.8) is 0 Å². The third-order valence-corrected chi connectivity index (χ3v) is 10.8. The fraction of sp³-hybridized carbons (Fsp3) is 0.263. The number of likely N-dealkylation sites (tertiary alicyclic amines) is 1. The summed E-state index contributed by atoms with van der Waals surface area (Å²) < 4.78 is 7.82. The van der Waals surface area contributed by atoms with Gasteiger partial charge in [0.1, 0.15) is 35.4 Å². The molecule has 3 aromatic carbocycles. The van der Waals surface area contributed by atoms with Gasteiger partial charge in [0.25, 0.3) is 11.8 Å². The van der Waals surface area contributed by atoms with Crippen molar-refractivity contribution in [3.05, 3.63) is 90.3 Å². The number of nitrogens with zero attached hydrogens (tertiary/aromatic N) is 6. The molecule has 2 fully saturated rings. The number of carbonyl (C=O) groups is 5. The number of nitrogen functional groups attached to an aromatic ring is 1. The molecule has 5 aromatic rings. The van der Waals surface area contributed by atoms with Gasteiger partial charge in [-0.25, -0.2) is 14.6 Å². The number of nitrogens with one attached hydrogen (secondary N) is 1. The van der Waals surface area contributed by atoms with Gasteiger partial charge < -0.3 is 15.4 Å². The number of thioether (sulfide) groups is 1. The van der Waals surface area contributed by atoms with Crippen molar-refractivity contribution in [1.29, 1.82) is 0 Å². The lowest BCUT2D eigenvalue weighted by Gasteiger charge is -2.33. The van der Waals surface area contributed by atoms with Crippen LogP contribution in [0.5, 0.6) is 11.5 Å². The number of amides is 5. The van der Waals surface area contributed by atoms with Crippen LogP contribution in [0.2, 0.25) is 0 Å². The zero-order chi connectivity index (χ0) is 36.6. The second kappa shape index (κ2) is 14.1. The highest BCUT2D eigenvalue weighted by Crippen LogP contribution is 2.37. The molecule has 2 atom stereocenters. The Balaban J connectivity index is 0.946. The smallest absolute Gasteiger partial charge is 0.263 e. The van der Waals surface area contributed by atoms with E-state index >= 15 is 0 Å². The lowest BCUT2D eigenvalue weighted by atomic mass is 10.0. The molecule has 3 aliphatic rings. The third kappa shape index (κ3) is 6.48. The molecule has 15 heteroatoms. The van der Waals surface area contributed by atoms with Gasteiger partial charge in [0.2, 0.25) is 17.7 Å². The standard InChI is InChI=1S/C38H34N8O6S/c39-34-32-33(22-11-13-25(14-12-22)52-24-7-2-1-3-8-24)43-46(35(32)41-21-40-34)23-6-5-18-44(20-23)30(48)17-19-53-28-10-4-9-26-31(28)38(51)45(37(26)50)27-15-16-29(47)42-36(27)49/h1-4,7-14,21,23,27H,5-6,15-20H2,(H2,39,40,41)(H,42,47,49). The van der Waals surface area contributed by atoms with Crippen molar-refractivity contribution in [1.82, 2.24) is 34.9 Å². The van der Waals surface area contributed by atoms with Gasteiger partial charge in [0.15, 0.2) is 5.65 Å². The van der Waals surface area contributed by atoms with Gasteiger partial charge in [-0.15, -0.1) is 11.8 Å². The maximum atomic E-state index is 13.6. The summed E-state index contributed by atoms with van der Waals surface area (Å²) >= 11 is 1.32. The summed E-state index contributed by atoms with van der Waals surface area (Å²) in [6, 6.07) is 20.9. The van der Waals surface area contributed by atoms with Gasteiger partial charge in [0.05, 0.1) is 22.6 Å². The number of anilines is 1. The monoisotopic (exact) mass is 730 g/mol. The van der Waals surface area contributed by atoms with Crippen molar-refractivity contribution in [2.75, 3.05) is 24.6 Å². The molecule has 2 aromatic heterocycles. The summed E-state index contributed by atoms with van der Waals surface area (Å²) in [5.41, 5.74) is 8.88. The van der Waals surface area contributed by atoms with Crippen LogP contribution in [0, 0.1) is 0 Å². The summed E-state index contributed by atoms with van der Waals surface area (Å²) in [5, 5.41) is 7.85. The molecule has 5 amide bonds. The molecule has 14 nitrogen and oxygen atoms in total. The Morgan fingerprint density at radius 2 is 1.72 bits per heavy atom. The van der Waals surface area contributed by atoms with E-state index in [0.29, 0.717) is 52.0 Å². The highest BCUT2D eigenvalue weighted by Gasteiger charge is 2.45. The molecule has 0 radical (unpaired) electrons. The Morgan fingerprint density at radius 1 is 0.925 bits per heavy atom. The quantitative estimate of drug-likeness (QED) is 0.160. The van der Waals surface area contributed by atoms with E-state index < -0.39 is 29.7 Å². The Bertz CT molecular complexity index is 2280. The molecule has 53 heavy (non-hydrogen) atoms. The molecule has 2 saturated heterocycles. The van der Waals surface area contributed by atoms with E-state index in [0.717, 1.165) is 29.1 Å². The molecule has 0 spiro atoms. The van der Waals surface area contributed by atoms with Gasteiger partial charge in [-0.2, -0.15) is 5.10 Å². The number of benzene rings is 3. The molecule has 8 rings (SSSR count). The van der Waals surface area contributed by atoms with Gasteiger partial charge >= 0.3 is 0 Å². The molecule has 2 unspecified atom stereocenters. The van der Waals surface area contributed by atoms with Crippen molar-refractivity contribution in [2.45, 2.75) is 49.1 Å². The molecule has 0 aliphatic carbocycles. The molecule has 5 heterocycles. The number of rotatable bonds is 9. The fourth-order valence-electron chi connectivity index (χ4n) is 7.15. The summed E-state index contributed by atoms with van der Waals surface area (Å²) in [6.07, 6.45) is 3.31. The Kier molecular flexibility index (Phi) is 9.08. The molecule has 0 saturated carbocycles. The Labute approximate surface area is 307 Å². The van der Waals surface area contributed by atoms with Crippen LogP contribution in [0.3, 0.4) is 0 Å². The number of ether oxygens (including phenoxy) is 1. The van der Waals surface area contributed by atoms with Gasteiger partial charge in [-0.1, -0.05) is 24.3 Å². The van der Waals surface area contributed by atoms with E-state index in [1.807, 2.05) is 64.2 Å². The zero-order valence-corrected chi connectivity index (χ0v) is 29.3. The molecule has 0 bridgehead atoms. The molecule has 3 aliphatic heterocycles. The second-order valence-corrected chi connectivity index (χ2v) is 14.2. The van der Waals surface area contributed by atoms with E-state index in [1.165, 1.54) is 18.1 Å². The minimum Gasteiger partial charge on any atom is -0.457 e. The number of carbonyl (C=O) groups excluding carboxylic acids is 5. The van der Waals surface area contributed by atoms with E-state index in [-0.39, 0.29) is 42.3 Å². The average Bonchev–Trinajstić information content (AvgIpc) is 3.68. The number of hydrogen-bond acceptors (Lipinski definition) is 11. The maximum Gasteiger partial charge on any atom is 0.263 e. The first-order chi connectivity index (χ1) is 25.8. The average molecular weight is 731 g/mol. The number of hydrogen-bond donors (Lipinski definition) is 2. The van der Waals surface area contributed by atoms with Gasteiger partial charge in [-0.3, -0.25) is 34.2 Å². The van der Waals surface area contributed by atoms with E-state index in [4.69, 9.17) is 15.6 Å². The van der Waals surface area contributed by atoms with Crippen LogP contribution < -0.4 is 15.8 Å². The molecular formula is C38H34N8O6S. The number of para-hydroxylation sites is 1. The Hall–Kier alpha value is -6.09. The van der Waals surface area contributed by atoms with E-state index in [2.05, 4.69) is 15.3 Å². The fourth-order valence-corrected chi connectivity index (χ4v) is 8.16. The van der Waals surface area contributed by atoms with Crippen LogP contribution in [0.25, 0.3) is 22.3 Å². The lowest BCUT2D eigenvalue weighted by molar-refractivity contribution is -0.136. The number of aromatic nitrogens is 4. The molecule has 268 valence electrons. The summed E-state index contributed by atoms with van der Waals surface area (Å²) in [6.45, 7) is 1.03. The highest BCUT2D eigenvalue weighted by molar-refractivity contribution is 7.99. The minimum atomic E-state index is -1.04. The second-order valence-electron chi connectivity index (χ2n) is 13.1. The van der Waals surface area contributed by atoms with E-state index in [9.17, 15) is 24.0 Å². The highest BCUT2D eigenvalue weighted by atomic mass is 32.2. The molecule has 3 N–H and O–H groups in total. The van der Waals surface area contributed by atoms with Crippen LogP contribution in [-0.2, 0) is 14.4 Å². The summed E-state index contributed by atoms with van der Waals surface area (Å²) in [4.78, 5) is 76.6. The number of piperidine rings is 2. The summed E-state index contributed by atoms with van der Waals surface area (Å²) in [7, 11) is 0. The number of fused-ring (bicyclic) bond motifs is 2. The van der Waals surface area contributed by atoms with Crippen molar-refractivity contribution in [3.8, 4) is 22.8 Å². The van der Waals surface area contributed by atoms with Crippen molar-refractivity contribution in [2.24, 2.45) is 0 Å². The third-order valence-electron chi connectivity index (χ3n) is 9.72. The predicted octanol–water partition coefficient (Wildman–Crippen LogP) is 4.61. The zero-order valence-electron chi connectivity index (χ0n) is 28.4. The summed E-state index contributed by atoms with van der Waals surface area (Å²) in [5.74, 6) is -0.159. The predicted molar refractivity (Wildman–Crippen MR) is 195 cm³/mol. The van der Waals surface area contributed by atoms with Crippen LogP contribution >= 0.6 is 11.8 Å². The van der Waals surface area contributed by atoms with Crippen molar-refractivity contribution < 1.29 is 28.7 Å². The van der Waals surface area contributed by atoms with Crippen LogP contribution in [0.15, 0.2) is 84.0 Å². The van der Waals surface area contributed by atoms with Gasteiger partial charge in [-0.05, 0) is 67.8 Å². The number of imide groups is 2. The van der Waals surface area contributed by atoms with Crippen LogP contribution in [-0.4, -0.2) is 84.0 Å². The van der Waals surface area contributed by atoms with Crippen LogP contribution in [0.4, 0.5) is 5.82 Å². The molecular weight excluding hydrogens is 697 g/mol. The Morgan fingerprint density at radius 3 is 2.51 bits per heavy atom. The topological polar surface area (TPSA) is 183 Å². The minimum absolute atomic E-state index is 0.0396. The number of nitrogens with two attached hydrogens (primary N) is 1. The first kappa shape index (κ1) is 34.0.